The molecule has 100 valence electrons. The third-order valence-corrected chi connectivity index (χ3v) is 5.27. The summed E-state index contributed by atoms with van der Waals surface area (Å²) in [7, 11) is 0. The molecular formula is C14H11Br2Cl2N. The molecule has 2 rings (SSSR count). The van der Waals surface area contributed by atoms with Gasteiger partial charge in [0, 0.05) is 15.0 Å². The molecule has 5 heteroatoms. The minimum Gasteiger partial charge on any atom is -0.377 e. The highest BCUT2D eigenvalue weighted by atomic mass is 79.9. The van der Waals surface area contributed by atoms with Gasteiger partial charge in [-0.25, -0.2) is 0 Å². The van der Waals surface area contributed by atoms with Crippen LogP contribution in [0.5, 0.6) is 0 Å². The molecule has 0 aromatic heterocycles. The minimum atomic E-state index is 0.116. The molecule has 0 aliphatic rings. The van der Waals surface area contributed by atoms with Crippen LogP contribution in [-0.2, 0) is 0 Å². The summed E-state index contributed by atoms with van der Waals surface area (Å²) in [5.41, 5.74) is 1.98. The van der Waals surface area contributed by atoms with Gasteiger partial charge in [-0.2, -0.15) is 0 Å². The molecule has 0 spiro atoms. The molecule has 1 nitrogen and oxygen atoms in total. The van der Waals surface area contributed by atoms with Crippen molar-refractivity contribution in [2.75, 3.05) is 5.32 Å². The van der Waals surface area contributed by atoms with Crippen LogP contribution >= 0.6 is 55.1 Å². The Morgan fingerprint density at radius 3 is 2.32 bits per heavy atom. The second-order valence-electron chi connectivity index (χ2n) is 4.11. The highest BCUT2D eigenvalue weighted by Crippen LogP contribution is 2.37. The lowest BCUT2D eigenvalue weighted by Gasteiger charge is -2.18. The van der Waals surface area contributed by atoms with Crippen molar-refractivity contribution < 1.29 is 0 Å². The van der Waals surface area contributed by atoms with Crippen LogP contribution in [0.1, 0.15) is 18.5 Å². The Morgan fingerprint density at radius 1 is 0.947 bits per heavy atom. The largest absolute Gasteiger partial charge is 0.377 e. The monoisotopic (exact) mass is 421 g/mol. The Bertz CT molecular complexity index is 602. The van der Waals surface area contributed by atoms with Crippen molar-refractivity contribution in [3.8, 4) is 0 Å². The molecule has 0 fully saturated rings. The van der Waals surface area contributed by atoms with Crippen LogP contribution in [-0.4, -0.2) is 0 Å². The molecule has 1 atom stereocenters. The average Bonchev–Trinajstić information content (AvgIpc) is 2.40. The van der Waals surface area contributed by atoms with E-state index in [0.29, 0.717) is 10.0 Å². The summed E-state index contributed by atoms with van der Waals surface area (Å²) in [5, 5.41) is 4.41. The molecule has 0 saturated carbocycles. The molecule has 0 saturated heterocycles. The molecule has 1 N–H and O–H groups in total. The second kappa shape index (κ2) is 6.49. The lowest BCUT2D eigenvalue weighted by Crippen LogP contribution is -2.07. The van der Waals surface area contributed by atoms with Crippen molar-refractivity contribution in [1.29, 1.82) is 0 Å². The fourth-order valence-corrected chi connectivity index (χ4v) is 3.23. The van der Waals surface area contributed by atoms with E-state index >= 15 is 0 Å². The third-order valence-electron chi connectivity index (χ3n) is 2.78. The predicted octanol–water partition coefficient (Wildman–Crippen LogP) is 6.69. The Balaban J connectivity index is 2.27. The number of halogens is 4. The zero-order chi connectivity index (χ0) is 14.0. The van der Waals surface area contributed by atoms with E-state index in [1.807, 2.05) is 30.3 Å². The molecule has 2 aromatic rings. The maximum Gasteiger partial charge on any atom is 0.0835 e. The maximum absolute atomic E-state index is 6.23. The van der Waals surface area contributed by atoms with E-state index in [9.17, 15) is 0 Å². The van der Waals surface area contributed by atoms with Gasteiger partial charge >= 0.3 is 0 Å². The van der Waals surface area contributed by atoms with Crippen LogP contribution in [0.15, 0.2) is 45.3 Å². The summed E-state index contributed by atoms with van der Waals surface area (Å²) in [6.07, 6.45) is 0. The zero-order valence-electron chi connectivity index (χ0n) is 10.1. The minimum absolute atomic E-state index is 0.116. The quantitative estimate of drug-likeness (QED) is 0.542. The van der Waals surface area contributed by atoms with Crippen molar-refractivity contribution in [3.05, 3.63) is 61.0 Å². The fraction of sp³-hybridized carbons (Fsp3) is 0.143. The van der Waals surface area contributed by atoms with Crippen molar-refractivity contribution in [2.45, 2.75) is 13.0 Å². The molecule has 0 aliphatic heterocycles. The van der Waals surface area contributed by atoms with Crippen molar-refractivity contribution in [1.82, 2.24) is 0 Å². The summed E-state index contributed by atoms with van der Waals surface area (Å²) in [4.78, 5) is 0. The van der Waals surface area contributed by atoms with E-state index in [2.05, 4.69) is 50.2 Å². The smallest absolute Gasteiger partial charge is 0.0835 e. The van der Waals surface area contributed by atoms with E-state index in [0.717, 1.165) is 20.2 Å². The van der Waals surface area contributed by atoms with Crippen LogP contribution in [0, 0.1) is 0 Å². The summed E-state index contributed by atoms with van der Waals surface area (Å²) in [6, 6.07) is 12.0. The van der Waals surface area contributed by atoms with Gasteiger partial charge in [0.15, 0.2) is 0 Å². The van der Waals surface area contributed by atoms with Crippen LogP contribution in [0.4, 0.5) is 5.69 Å². The first-order valence-corrected chi connectivity index (χ1v) is 7.99. The van der Waals surface area contributed by atoms with E-state index in [1.54, 1.807) is 0 Å². The van der Waals surface area contributed by atoms with Gasteiger partial charge in [-0.15, -0.1) is 0 Å². The van der Waals surface area contributed by atoms with Gasteiger partial charge in [0.25, 0.3) is 0 Å². The number of nitrogens with one attached hydrogen (secondary N) is 1. The van der Waals surface area contributed by atoms with Crippen molar-refractivity contribution in [2.24, 2.45) is 0 Å². The van der Waals surface area contributed by atoms with Gasteiger partial charge in [0.2, 0.25) is 0 Å². The molecule has 19 heavy (non-hydrogen) atoms. The highest BCUT2D eigenvalue weighted by Gasteiger charge is 2.13. The van der Waals surface area contributed by atoms with Gasteiger partial charge in [-0.1, -0.05) is 57.3 Å². The first-order valence-electron chi connectivity index (χ1n) is 5.65. The number of hydrogen-bond donors (Lipinski definition) is 1. The van der Waals surface area contributed by atoms with Crippen LogP contribution < -0.4 is 5.32 Å². The Labute approximate surface area is 139 Å². The number of benzene rings is 2. The van der Waals surface area contributed by atoms with E-state index in [-0.39, 0.29) is 6.04 Å². The van der Waals surface area contributed by atoms with Gasteiger partial charge in [-0.3, -0.25) is 0 Å². The predicted molar refractivity (Wildman–Crippen MR) is 90.3 cm³/mol. The lowest BCUT2D eigenvalue weighted by atomic mass is 10.1. The molecule has 1 unspecified atom stereocenters. The van der Waals surface area contributed by atoms with Gasteiger partial charge < -0.3 is 5.32 Å². The first kappa shape index (κ1) is 15.2. The molecule has 0 bridgehead atoms. The molecule has 0 heterocycles. The van der Waals surface area contributed by atoms with E-state index in [4.69, 9.17) is 23.2 Å². The summed E-state index contributed by atoms with van der Waals surface area (Å²) in [6.45, 7) is 2.08. The lowest BCUT2D eigenvalue weighted by molar-refractivity contribution is 0.879. The SMILES string of the molecule is CC(Nc1ccc(Br)c(Cl)c1Cl)c1ccccc1Br. The average molecular weight is 424 g/mol. The number of rotatable bonds is 3. The molecule has 0 radical (unpaired) electrons. The second-order valence-corrected chi connectivity index (χ2v) is 6.58. The van der Waals surface area contributed by atoms with Gasteiger partial charge in [0.05, 0.1) is 15.7 Å². The van der Waals surface area contributed by atoms with E-state index in [1.165, 1.54) is 0 Å². The summed E-state index contributed by atoms with van der Waals surface area (Å²) < 4.78 is 1.85. The molecule has 2 aromatic carbocycles. The summed E-state index contributed by atoms with van der Waals surface area (Å²) in [5.74, 6) is 0. The van der Waals surface area contributed by atoms with Crippen LogP contribution in [0.2, 0.25) is 10.0 Å². The Kier molecular flexibility index (Phi) is 5.18. The third kappa shape index (κ3) is 3.46. The maximum atomic E-state index is 6.23. The van der Waals surface area contributed by atoms with Gasteiger partial charge in [0.1, 0.15) is 0 Å². The topological polar surface area (TPSA) is 12.0 Å². The standard InChI is InChI=1S/C14H11Br2Cl2N/c1-8(9-4-2-3-5-10(9)15)19-12-7-6-11(16)13(17)14(12)18/h2-8,19H,1H3. The zero-order valence-corrected chi connectivity index (χ0v) is 14.7. The van der Waals surface area contributed by atoms with E-state index < -0.39 is 0 Å². The molecule has 0 amide bonds. The Hall–Kier alpha value is -0.220. The molecule has 0 aliphatic carbocycles. The normalized spacial score (nSPS) is 12.3. The van der Waals surface area contributed by atoms with Crippen LogP contribution in [0.25, 0.3) is 0 Å². The van der Waals surface area contributed by atoms with Crippen LogP contribution in [0.3, 0.4) is 0 Å². The number of hydrogen-bond acceptors (Lipinski definition) is 1. The first-order chi connectivity index (χ1) is 9.00. The fourth-order valence-electron chi connectivity index (χ4n) is 1.77. The number of anilines is 1. The van der Waals surface area contributed by atoms with Gasteiger partial charge in [-0.05, 0) is 46.6 Å². The van der Waals surface area contributed by atoms with Crippen molar-refractivity contribution in [3.63, 3.8) is 0 Å². The molecular weight excluding hydrogens is 413 g/mol. The van der Waals surface area contributed by atoms with Crippen molar-refractivity contribution >= 4 is 60.7 Å². The Morgan fingerprint density at radius 2 is 1.63 bits per heavy atom. The highest BCUT2D eigenvalue weighted by molar-refractivity contribution is 9.10. The summed E-state index contributed by atoms with van der Waals surface area (Å²) >= 11 is 19.2.